The number of hydrogen-bond acceptors (Lipinski definition) is 2. The van der Waals surface area contributed by atoms with Crippen LogP contribution in [-0.2, 0) is 9.59 Å². The van der Waals surface area contributed by atoms with E-state index in [1.54, 1.807) is 0 Å². The van der Waals surface area contributed by atoms with Gasteiger partial charge in [-0.25, -0.2) is 0 Å². The van der Waals surface area contributed by atoms with Crippen LogP contribution in [-0.4, -0.2) is 11.6 Å². The molecule has 0 amide bonds. The highest BCUT2D eigenvalue weighted by atomic mass is 16.1. The molecular weight excluding hydrogens is 368 g/mol. The minimum absolute atomic E-state index is 0.0338. The third-order valence-electron chi connectivity index (χ3n) is 10.3. The zero-order valence-electron chi connectivity index (χ0n) is 19.3. The van der Waals surface area contributed by atoms with Crippen molar-refractivity contribution in [2.75, 3.05) is 0 Å². The fourth-order valence-electron chi connectivity index (χ4n) is 7.29. The minimum atomic E-state index is -0.223. The summed E-state index contributed by atoms with van der Waals surface area (Å²) in [5, 5.41) is 0. The first-order chi connectivity index (χ1) is 13.9. The number of rotatable bonds is 2. The molecule has 0 N–H and O–H groups in total. The Hall–Kier alpha value is -1.96. The second-order valence-corrected chi connectivity index (χ2v) is 11.8. The van der Waals surface area contributed by atoms with Crippen LogP contribution in [0.3, 0.4) is 0 Å². The van der Waals surface area contributed by atoms with Gasteiger partial charge in [0.1, 0.15) is 0 Å². The van der Waals surface area contributed by atoms with E-state index in [1.165, 1.54) is 0 Å². The lowest BCUT2D eigenvalue weighted by Crippen LogP contribution is -2.32. The molecule has 0 aromatic heterocycles. The third kappa shape index (κ3) is 2.21. The molecule has 4 bridgehead atoms. The van der Waals surface area contributed by atoms with E-state index in [0.29, 0.717) is 23.4 Å². The normalized spacial score (nSPS) is 40.9. The van der Waals surface area contributed by atoms with E-state index in [1.807, 2.05) is 6.07 Å². The lowest BCUT2D eigenvalue weighted by Gasteiger charge is -2.31. The molecule has 1 aromatic carbocycles. The molecule has 4 unspecified atom stereocenters. The Morgan fingerprint density at radius 2 is 1.13 bits per heavy atom. The quantitative estimate of drug-likeness (QED) is 0.529. The maximum atomic E-state index is 13.2. The smallest absolute Gasteiger partial charge is 0.165 e. The van der Waals surface area contributed by atoms with E-state index in [-0.39, 0.29) is 21.7 Å². The van der Waals surface area contributed by atoms with Gasteiger partial charge in [0.25, 0.3) is 0 Å². The third-order valence-corrected chi connectivity index (χ3v) is 10.3. The highest BCUT2D eigenvalue weighted by Crippen LogP contribution is 2.66. The fourth-order valence-corrected chi connectivity index (χ4v) is 7.29. The Labute approximate surface area is 180 Å². The Morgan fingerprint density at radius 3 is 1.47 bits per heavy atom. The van der Waals surface area contributed by atoms with Crippen molar-refractivity contribution in [3.63, 3.8) is 0 Å². The Morgan fingerprint density at radius 1 is 0.733 bits per heavy atom. The summed E-state index contributed by atoms with van der Waals surface area (Å²) in [5.74, 6) is 1.38. The topological polar surface area (TPSA) is 34.1 Å². The molecule has 0 saturated heterocycles. The van der Waals surface area contributed by atoms with Crippen molar-refractivity contribution in [1.82, 2.24) is 0 Å². The summed E-state index contributed by atoms with van der Waals surface area (Å²) in [4.78, 5) is 26.4. The summed E-state index contributed by atoms with van der Waals surface area (Å²) in [6.07, 6.45) is 8.46. The number of allylic oxidation sites excluding steroid dienone is 2. The predicted molar refractivity (Wildman–Crippen MR) is 122 cm³/mol. The highest BCUT2D eigenvalue weighted by molar-refractivity contribution is 6.09. The van der Waals surface area contributed by atoms with Gasteiger partial charge in [0.2, 0.25) is 0 Å². The first kappa shape index (κ1) is 20.0. The van der Waals surface area contributed by atoms with Crippen LogP contribution in [0.25, 0.3) is 12.2 Å². The summed E-state index contributed by atoms with van der Waals surface area (Å²) in [7, 11) is 0. The van der Waals surface area contributed by atoms with E-state index >= 15 is 0 Å². The van der Waals surface area contributed by atoms with Gasteiger partial charge in [-0.05, 0) is 88.8 Å². The molecule has 30 heavy (non-hydrogen) atoms. The molecule has 0 heterocycles. The average molecular weight is 403 g/mol. The van der Waals surface area contributed by atoms with Gasteiger partial charge >= 0.3 is 0 Å². The van der Waals surface area contributed by atoms with E-state index < -0.39 is 0 Å². The van der Waals surface area contributed by atoms with Gasteiger partial charge in [-0.15, -0.1) is 0 Å². The number of carbonyl (C=O) groups is 2. The fraction of sp³-hybridized carbons (Fsp3) is 0.571. The van der Waals surface area contributed by atoms with Crippen LogP contribution in [0, 0.1) is 33.5 Å². The van der Waals surface area contributed by atoms with Gasteiger partial charge in [0, 0.05) is 10.8 Å². The predicted octanol–water partition coefficient (Wildman–Crippen LogP) is 6.50. The molecule has 4 fully saturated rings. The van der Waals surface area contributed by atoms with Crippen molar-refractivity contribution in [3.05, 3.63) is 46.5 Å². The lowest BCUT2D eigenvalue weighted by atomic mass is 9.70. The zero-order valence-corrected chi connectivity index (χ0v) is 19.3. The number of hydrogen-bond donors (Lipinski definition) is 0. The molecule has 2 heteroatoms. The molecule has 1 aromatic rings. The number of carbonyl (C=O) groups excluding carboxylic acids is 2. The van der Waals surface area contributed by atoms with Gasteiger partial charge < -0.3 is 0 Å². The second kappa shape index (κ2) is 5.84. The largest absolute Gasteiger partial charge is 0.294 e. The number of benzene rings is 1. The van der Waals surface area contributed by atoms with Gasteiger partial charge in [0.15, 0.2) is 11.6 Å². The number of ketones is 2. The molecule has 4 atom stereocenters. The Bertz CT molecular complexity index is 957. The van der Waals surface area contributed by atoms with Gasteiger partial charge in [0.05, 0.1) is 0 Å². The van der Waals surface area contributed by atoms with Gasteiger partial charge in [-0.1, -0.05) is 59.7 Å². The Kier molecular flexibility index (Phi) is 3.89. The van der Waals surface area contributed by atoms with E-state index in [4.69, 9.17) is 0 Å². The maximum absolute atomic E-state index is 13.2. The van der Waals surface area contributed by atoms with Gasteiger partial charge in [-0.2, -0.15) is 0 Å². The first-order valence-corrected chi connectivity index (χ1v) is 11.6. The summed E-state index contributed by atoms with van der Waals surface area (Å²) in [6.45, 7) is 13.3. The molecule has 0 spiro atoms. The Balaban J connectivity index is 1.50. The zero-order chi connectivity index (χ0) is 21.7. The SMILES string of the molecule is CC12CCC(/C(=C/c3cccc(/C=C4/C(=O)C5(C)CCC4C5(C)C)c3)C1=O)C2(C)C. The number of Topliss-reactive ketones (excluding diaryl/α,β-unsaturated/α-hetero) is 2. The van der Waals surface area contributed by atoms with Crippen molar-refractivity contribution in [1.29, 1.82) is 0 Å². The molecule has 0 radical (unpaired) electrons. The minimum Gasteiger partial charge on any atom is -0.294 e. The molecule has 0 aliphatic heterocycles. The summed E-state index contributed by atoms with van der Waals surface area (Å²) in [5.41, 5.74) is 3.77. The van der Waals surface area contributed by atoms with Crippen molar-refractivity contribution < 1.29 is 9.59 Å². The average Bonchev–Trinajstić information content (AvgIpc) is 3.16. The molecule has 158 valence electrons. The van der Waals surface area contributed by atoms with E-state index in [9.17, 15) is 9.59 Å². The van der Waals surface area contributed by atoms with Gasteiger partial charge in [-0.3, -0.25) is 9.59 Å². The summed E-state index contributed by atoms with van der Waals surface area (Å²) < 4.78 is 0. The first-order valence-electron chi connectivity index (χ1n) is 11.6. The molecule has 5 rings (SSSR count). The molecule has 4 aliphatic carbocycles. The molecule has 2 nitrogen and oxygen atoms in total. The number of fused-ring (bicyclic) bond motifs is 4. The summed E-state index contributed by atoms with van der Waals surface area (Å²) >= 11 is 0. The second-order valence-electron chi connectivity index (χ2n) is 11.8. The van der Waals surface area contributed by atoms with Crippen LogP contribution in [0.4, 0.5) is 0 Å². The highest BCUT2D eigenvalue weighted by Gasteiger charge is 2.64. The van der Waals surface area contributed by atoms with Crippen molar-refractivity contribution in [2.24, 2.45) is 33.5 Å². The molecule has 4 saturated carbocycles. The van der Waals surface area contributed by atoms with Crippen LogP contribution < -0.4 is 0 Å². The van der Waals surface area contributed by atoms with Crippen LogP contribution in [0.1, 0.15) is 78.4 Å². The molecule has 4 aliphatic rings. The monoisotopic (exact) mass is 402 g/mol. The summed E-state index contributed by atoms with van der Waals surface area (Å²) in [6, 6.07) is 8.35. The van der Waals surface area contributed by atoms with Crippen LogP contribution >= 0.6 is 0 Å². The van der Waals surface area contributed by atoms with E-state index in [0.717, 1.165) is 48.0 Å². The van der Waals surface area contributed by atoms with Crippen molar-refractivity contribution in [3.8, 4) is 0 Å². The lowest BCUT2D eigenvalue weighted by molar-refractivity contribution is -0.126. The van der Waals surface area contributed by atoms with Crippen molar-refractivity contribution in [2.45, 2.75) is 67.2 Å². The van der Waals surface area contributed by atoms with E-state index in [2.05, 4.69) is 71.9 Å². The standard InChI is InChI=1S/C28H34O2/c1-25(2)21-10-12-27(25,5)23(29)19(21)15-17-8-7-9-18(14-17)16-20-22-11-13-28(6,24(20)30)26(22,3)4/h7-9,14-16,21-22H,10-13H2,1-6H3/b19-15-,20-16+. The maximum Gasteiger partial charge on any atom is 0.165 e. The van der Waals surface area contributed by atoms with Crippen molar-refractivity contribution >= 4 is 23.7 Å². The van der Waals surface area contributed by atoms with Crippen LogP contribution in [0.2, 0.25) is 0 Å². The van der Waals surface area contributed by atoms with Crippen LogP contribution in [0.5, 0.6) is 0 Å². The molecular formula is C28H34O2. The van der Waals surface area contributed by atoms with Crippen LogP contribution in [0.15, 0.2) is 35.4 Å².